The predicted octanol–water partition coefficient (Wildman–Crippen LogP) is 3.66. The second-order valence-corrected chi connectivity index (χ2v) is 3.84. The Kier molecular flexibility index (Phi) is 3.44. The van der Waals surface area contributed by atoms with Crippen LogP contribution >= 0.6 is 11.6 Å². The van der Waals surface area contributed by atoms with Crippen LogP contribution in [0.1, 0.15) is 0 Å². The topological polar surface area (TPSA) is 37.0 Å². The lowest BCUT2D eigenvalue weighted by molar-refractivity contribution is 0.632. The summed E-state index contributed by atoms with van der Waals surface area (Å²) in [7, 11) is 1.77. The summed E-state index contributed by atoms with van der Waals surface area (Å²) in [5.74, 6) is 0.890. The zero-order chi connectivity index (χ0) is 12.3. The zero-order valence-corrected chi connectivity index (χ0v) is 9.92. The maximum Gasteiger partial charge on any atom is 0.146 e. The minimum absolute atomic E-state index is 0.304. The molecule has 17 heavy (non-hydrogen) atoms. The van der Waals surface area contributed by atoms with E-state index in [2.05, 4.69) is 15.6 Å². The number of rotatable bonds is 3. The number of nitrogens with one attached hydrogen (secondary N) is 2. The molecule has 0 saturated carbocycles. The fourth-order valence-corrected chi connectivity index (χ4v) is 1.55. The van der Waals surface area contributed by atoms with Crippen LogP contribution in [-0.4, -0.2) is 12.0 Å². The molecule has 0 saturated heterocycles. The Hall–Kier alpha value is -1.81. The molecule has 0 fully saturated rings. The van der Waals surface area contributed by atoms with Gasteiger partial charge in [-0.3, -0.25) is 0 Å². The van der Waals surface area contributed by atoms with Gasteiger partial charge in [0.15, 0.2) is 0 Å². The normalized spacial score (nSPS) is 10.1. The first-order valence-electron chi connectivity index (χ1n) is 5.06. The number of nitrogens with zero attached hydrogens (tertiary/aromatic N) is 1. The number of halogens is 2. The molecule has 1 aromatic carbocycles. The van der Waals surface area contributed by atoms with Crippen molar-refractivity contribution in [1.82, 2.24) is 4.98 Å². The van der Waals surface area contributed by atoms with E-state index in [9.17, 15) is 4.39 Å². The lowest BCUT2D eigenvalue weighted by atomic mass is 10.3. The van der Waals surface area contributed by atoms with Crippen LogP contribution < -0.4 is 10.6 Å². The van der Waals surface area contributed by atoms with Gasteiger partial charge >= 0.3 is 0 Å². The van der Waals surface area contributed by atoms with Crippen LogP contribution in [0.3, 0.4) is 0 Å². The molecule has 1 aromatic heterocycles. The first kappa shape index (κ1) is 11.7. The number of hydrogen-bond donors (Lipinski definition) is 2. The highest BCUT2D eigenvalue weighted by atomic mass is 35.5. The summed E-state index contributed by atoms with van der Waals surface area (Å²) in [5, 5.41) is 6.26. The molecule has 88 valence electrons. The SMILES string of the molecule is CNc1cccc(Nc2cc(Cl)ccc2F)n1. The van der Waals surface area contributed by atoms with Crippen LogP contribution in [0, 0.1) is 5.82 Å². The van der Waals surface area contributed by atoms with E-state index in [-0.39, 0.29) is 5.82 Å². The highest BCUT2D eigenvalue weighted by molar-refractivity contribution is 6.30. The Balaban J connectivity index is 2.27. The standard InChI is InChI=1S/C12H11ClFN3/c1-15-11-3-2-4-12(17-11)16-10-7-8(13)5-6-9(10)14/h2-7H,1H3,(H2,15,16,17). The smallest absolute Gasteiger partial charge is 0.146 e. The fourth-order valence-electron chi connectivity index (χ4n) is 1.37. The molecular formula is C12H11ClFN3. The summed E-state index contributed by atoms with van der Waals surface area (Å²) in [5.41, 5.74) is 0.304. The molecule has 5 heteroatoms. The number of aromatic nitrogens is 1. The monoisotopic (exact) mass is 251 g/mol. The zero-order valence-electron chi connectivity index (χ0n) is 9.17. The Morgan fingerprint density at radius 1 is 1.18 bits per heavy atom. The van der Waals surface area contributed by atoms with Crippen molar-refractivity contribution >= 4 is 28.9 Å². The molecule has 0 aliphatic heterocycles. The summed E-state index contributed by atoms with van der Waals surface area (Å²) in [4.78, 5) is 4.23. The van der Waals surface area contributed by atoms with Crippen molar-refractivity contribution < 1.29 is 4.39 Å². The molecule has 2 aromatic rings. The van der Waals surface area contributed by atoms with E-state index < -0.39 is 0 Å². The summed E-state index contributed by atoms with van der Waals surface area (Å²) >= 11 is 5.80. The maximum atomic E-state index is 13.5. The number of pyridine rings is 1. The van der Waals surface area contributed by atoms with Crippen LogP contribution in [0.25, 0.3) is 0 Å². The molecule has 0 atom stereocenters. The lowest BCUT2D eigenvalue weighted by Gasteiger charge is -2.08. The van der Waals surface area contributed by atoms with Gasteiger partial charge in [0.05, 0.1) is 5.69 Å². The maximum absolute atomic E-state index is 13.5. The van der Waals surface area contributed by atoms with Crippen LogP contribution in [0.15, 0.2) is 36.4 Å². The van der Waals surface area contributed by atoms with Crippen LogP contribution in [0.2, 0.25) is 5.02 Å². The highest BCUT2D eigenvalue weighted by Crippen LogP contribution is 2.23. The van der Waals surface area contributed by atoms with E-state index in [0.29, 0.717) is 22.3 Å². The average molecular weight is 252 g/mol. The van der Waals surface area contributed by atoms with Gasteiger partial charge in [-0.1, -0.05) is 17.7 Å². The van der Waals surface area contributed by atoms with Crippen molar-refractivity contribution in [1.29, 1.82) is 0 Å². The number of hydrogen-bond acceptors (Lipinski definition) is 3. The molecule has 0 spiro atoms. The van der Waals surface area contributed by atoms with E-state index in [1.807, 2.05) is 12.1 Å². The molecule has 0 unspecified atom stereocenters. The first-order valence-corrected chi connectivity index (χ1v) is 5.44. The molecule has 0 amide bonds. The second-order valence-electron chi connectivity index (χ2n) is 3.41. The van der Waals surface area contributed by atoms with Crippen LogP contribution in [0.5, 0.6) is 0 Å². The van der Waals surface area contributed by atoms with Crippen molar-refractivity contribution in [2.45, 2.75) is 0 Å². The van der Waals surface area contributed by atoms with Crippen molar-refractivity contribution in [3.63, 3.8) is 0 Å². The van der Waals surface area contributed by atoms with Gasteiger partial charge in [-0.2, -0.15) is 0 Å². The van der Waals surface area contributed by atoms with Gasteiger partial charge in [-0.05, 0) is 30.3 Å². The summed E-state index contributed by atoms with van der Waals surface area (Å²) in [6, 6.07) is 9.72. The molecular weight excluding hydrogens is 241 g/mol. The molecule has 0 radical (unpaired) electrons. The Morgan fingerprint density at radius 3 is 2.71 bits per heavy atom. The van der Waals surface area contributed by atoms with Crippen LogP contribution in [0.4, 0.5) is 21.7 Å². The fraction of sp³-hybridized carbons (Fsp3) is 0.0833. The second kappa shape index (κ2) is 5.01. The number of anilines is 3. The van der Waals surface area contributed by atoms with E-state index in [1.165, 1.54) is 18.2 Å². The summed E-state index contributed by atoms with van der Waals surface area (Å²) in [6.07, 6.45) is 0. The Morgan fingerprint density at radius 2 is 1.94 bits per heavy atom. The Labute approximate surface area is 104 Å². The molecule has 0 bridgehead atoms. The van der Waals surface area contributed by atoms with Gasteiger partial charge in [0, 0.05) is 12.1 Å². The molecule has 0 aliphatic rings. The highest BCUT2D eigenvalue weighted by Gasteiger charge is 2.04. The number of benzene rings is 1. The third-order valence-corrected chi connectivity index (χ3v) is 2.43. The minimum Gasteiger partial charge on any atom is -0.373 e. The molecule has 0 aliphatic carbocycles. The van der Waals surface area contributed by atoms with Crippen LogP contribution in [-0.2, 0) is 0 Å². The summed E-state index contributed by atoms with van der Waals surface area (Å²) in [6.45, 7) is 0. The van der Waals surface area contributed by atoms with E-state index >= 15 is 0 Å². The van der Waals surface area contributed by atoms with Gasteiger partial charge in [0.2, 0.25) is 0 Å². The molecule has 1 heterocycles. The van der Waals surface area contributed by atoms with Crippen molar-refractivity contribution in [2.24, 2.45) is 0 Å². The third-order valence-electron chi connectivity index (χ3n) is 2.20. The predicted molar refractivity (Wildman–Crippen MR) is 68.5 cm³/mol. The first-order chi connectivity index (χ1) is 8.19. The van der Waals surface area contributed by atoms with E-state index in [1.54, 1.807) is 13.1 Å². The van der Waals surface area contributed by atoms with Crippen molar-refractivity contribution in [3.05, 3.63) is 47.2 Å². The summed E-state index contributed by atoms with van der Waals surface area (Å²) < 4.78 is 13.5. The Bertz CT molecular complexity index is 531. The van der Waals surface area contributed by atoms with E-state index in [4.69, 9.17) is 11.6 Å². The quantitative estimate of drug-likeness (QED) is 0.874. The van der Waals surface area contributed by atoms with Crippen molar-refractivity contribution in [3.8, 4) is 0 Å². The molecule has 2 rings (SSSR count). The average Bonchev–Trinajstić information content (AvgIpc) is 2.34. The van der Waals surface area contributed by atoms with Gasteiger partial charge in [-0.25, -0.2) is 9.37 Å². The lowest BCUT2D eigenvalue weighted by Crippen LogP contribution is -1.98. The van der Waals surface area contributed by atoms with Gasteiger partial charge in [0.25, 0.3) is 0 Å². The van der Waals surface area contributed by atoms with Gasteiger partial charge in [-0.15, -0.1) is 0 Å². The molecule has 2 N–H and O–H groups in total. The van der Waals surface area contributed by atoms with E-state index in [0.717, 1.165) is 0 Å². The van der Waals surface area contributed by atoms with Gasteiger partial charge in [0.1, 0.15) is 17.5 Å². The minimum atomic E-state index is -0.369. The largest absolute Gasteiger partial charge is 0.373 e. The third kappa shape index (κ3) is 2.85. The van der Waals surface area contributed by atoms with Gasteiger partial charge < -0.3 is 10.6 Å². The van der Waals surface area contributed by atoms with Crippen molar-refractivity contribution in [2.75, 3.05) is 17.7 Å². The molecule has 3 nitrogen and oxygen atoms in total.